The van der Waals surface area contributed by atoms with Crippen molar-refractivity contribution >= 4 is 55.6 Å². The molecule has 156 valence electrons. The van der Waals surface area contributed by atoms with Crippen molar-refractivity contribution in [1.29, 1.82) is 0 Å². The molecule has 1 heterocycles. The second-order valence-electron chi connectivity index (χ2n) is 5.94. The van der Waals surface area contributed by atoms with Gasteiger partial charge in [0.1, 0.15) is 0 Å². The molecule has 1 N–H and O–H groups in total. The van der Waals surface area contributed by atoms with Crippen LogP contribution in [-0.4, -0.2) is 28.0 Å². The number of nitro benzene ring substituents is 1. The van der Waals surface area contributed by atoms with Gasteiger partial charge < -0.3 is 4.74 Å². The summed E-state index contributed by atoms with van der Waals surface area (Å²) < 4.78 is 6.40. The second-order valence-corrected chi connectivity index (χ2v) is 7.71. The summed E-state index contributed by atoms with van der Waals surface area (Å²) in [6.07, 6.45) is 4.03. The number of nitrogens with one attached hydrogen (secondary N) is 1. The van der Waals surface area contributed by atoms with Crippen LogP contribution in [-0.2, 0) is 0 Å². The van der Waals surface area contributed by atoms with E-state index in [-0.39, 0.29) is 32.6 Å². The lowest BCUT2D eigenvalue weighted by Gasteiger charge is -2.10. The normalized spacial score (nSPS) is 10.6. The average molecular weight is 548 g/mol. The summed E-state index contributed by atoms with van der Waals surface area (Å²) >= 11 is 6.47. The van der Waals surface area contributed by atoms with Gasteiger partial charge in [0.2, 0.25) is 0 Å². The van der Waals surface area contributed by atoms with E-state index >= 15 is 0 Å². The monoisotopic (exact) mass is 546 g/mol. The quantitative estimate of drug-likeness (QED) is 0.159. The molecule has 0 spiro atoms. The zero-order valence-corrected chi connectivity index (χ0v) is 18.7. The first-order valence-corrected chi connectivity index (χ1v) is 10.1. The van der Waals surface area contributed by atoms with E-state index in [1.54, 1.807) is 36.4 Å². The Labute approximate surface area is 192 Å². The van der Waals surface area contributed by atoms with Crippen molar-refractivity contribution in [3.63, 3.8) is 0 Å². The number of halogens is 2. The van der Waals surface area contributed by atoms with E-state index in [1.165, 1.54) is 24.5 Å². The van der Waals surface area contributed by atoms with Gasteiger partial charge in [0.05, 0.1) is 26.7 Å². The second kappa shape index (κ2) is 10.0. The third-order valence-electron chi connectivity index (χ3n) is 3.84. The molecule has 0 aliphatic rings. The summed E-state index contributed by atoms with van der Waals surface area (Å²) in [6.45, 7) is 0. The number of nitro groups is 1. The van der Waals surface area contributed by atoms with Crippen LogP contribution in [0, 0.1) is 10.1 Å². The van der Waals surface area contributed by atoms with Crippen molar-refractivity contribution in [3.05, 3.63) is 96.7 Å². The molecule has 9 nitrogen and oxygen atoms in total. The van der Waals surface area contributed by atoms with Gasteiger partial charge in [-0.25, -0.2) is 10.2 Å². The number of carbonyl (C=O) groups excluding carboxylic acids is 2. The molecule has 0 fully saturated rings. The molecule has 0 aliphatic carbocycles. The van der Waals surface area contributed by atoms with Gasteiger partial charge in [0, 0.05) is 34.6 Å². The number of benzene rings is 2. The highest BCUT2D eigenvalue weighted by molar-refractivity contribution is 9.10. The van der Waals surface area contributed by atoms with Crippen molar-refractivity contribution in [2.45, 2.75) is 0 Å². The number of hydrogen-bond acceptors (Lipinski definition) is 7. The Bertz CT molecular complexity index is 1170. The maximum Gasteiger partial charge on any atom is 0.343 e. The Morgan fingerprint density at radius 1 is 1.13 bits per heavy atom. The number of aromatic nitrogens is 1. The maximum absolute atomic E-state index is 12.5. The molecule has 11 heteroatoms. The topological polar surface area (TPSA) is 124 Å². The van der Waals surface area contributed by atoms with Crippen molar-refractivity contribution in [2.24, 2.45) is 5.10 Å². The van der Waals surface area contributed by atoms with Crippen LogP contribution in [0.3, 0.4) is 0 Å². The summed E-state index contributed by atoms with van der Waals surface area (Å²) in [6, 6.07) is 12.0. The molecule has 3 rings (SSSR count). The number of rotatable bonds is 6. The lowest BCUT2D eigenvalue weighted by Crippen LogP contribution is -2.18. The zero-order chi connectivity index (χ0) is 22.4. The average Bonchev–Trinajstić information content (AvgIpc) is 2.76. The highest BCUT2D eigenvalue weighted by Gasteiger charge is 2.19. The molecular formula is C20H12Br2N4O5. The van der Waals surface area contributed by atoms with Crippen LogP contribution in [0.25, 0.3) is 0 Å². The summed E-state index contributed by atoms with van der Waals surface area (Å²) in [5.74, 6) is -1.18. The molecule has 0 atom stereocenters. The highest BCUT2D eigenvalue weighted by Crippen LogP contribution is 2.33. The van der Waals surface area contributed by atoms with Crippen molar-refractivity contribution in [3.8, 4) is 5.75 Å². The molecule has 2 aromatic carbocycles. The fourth-order valence-corrected chi connectivity index (χ4v) is 3.18. The van der Waals surface area contributed by atoms with Gasteiger partial charge in [-0.3, -0.25) is 19.9 Å². The molecule has 1 amide bonds. The Balaban J connectivity index is 1.88. The van der Waals surface area contributed by atoms with Crippen molar-refractivity contribution in [2.75, 3.05) is 0 Å². The minimum atomic E-state index is -0.670. The van der Waals surface area contributed by atoms with Crippen molar-refractivity contribution in [1.82, 2.24) is 10.4 Å². The van der Waals surface area contributed by atoms with Gasteiger partial charge in [-0.1, -0.05) is 15.9 Å². The molecule has 31 heavy (non-hydrogen) atoms. The SMILES string of the molecule is O=C(N/N=C/c1cc([N+](=O)[O-])cc(Br)c1OC(=O)c1ccc(Br)cc1)c1cccnc1. The zero-order valence-electron chi connectivity index (χ0n) is 15.5. The standard InChI is InChI=1S/C20H12Br2N4O5/c21-15-5-3-12(4-6-15)20(28)31-18-14(8-16(26(29)30)9-17(18)22)11-24-25-19(27)13-2-1-7-23-10-13/h1-11H,(H,25,27)/b24-11+. The predicted octanol–water partition coefficient (Wildman–Crippen LogP) is 4.50. The molecule has 0 bridgehead atoms. The molecule has 3 aromatic rings. The largest absolute Gasteiger partial charge is 0.421 e. The first kappa shape index (κ1) is 22.2. The van der Waals surface area contributed by atoms with E-state index in [2.05, 4.69) is 47.4 Å². The number of amides is 1. The van der Waals surface area contributed by atoms with Gasteiger partial charge >= 0.3 is 5.97 Å². The minimum absolute atomic E-state index is 0.0119. The van der Waals surface area contributed by atoms with Gasteiger partial charge in [0.15, 0.2) is 5.75 Å². The van der Waals surface area contributed by atoms with Gasteiger partial charge in [-0.2, -0.15) is 5.10 Å². The molecule has 0 unspecified atom stereocenters. The van der Waals surface area contributed by atoms with E-state index in [1.807, 2.05) is 0 Å². The number of ether oxygens (including phenoxy) is 1. The number of pyridine rings is 1. The number of esters is 1. The van der Waals surface area contributed by atoms with E-state index in [0.29, 0.717) is 0 Å². The number of hydrogen-bond donors (Lipinski definition) is 1. The molecule has 1 aromatic heterocycles. The Kier molecular flexibility index (Phi) is 7.21. The van der Waals surface area contributed by atoms with Crippen LogP contribution in [0.15, 0.2) is 75.0 Å². The summed E-state index contributed by atoms with van der Waals surface area (Å²) in [4.78, 5) is 39.0. The van der Waals surface area contributed by atoms with Crippen LogP contribution >= 0.6 is 31.9 Å². The van der Waals surface area contributed by atoms with E-state index in [4.69, 9.17) is 4.74 Å². The van der Waals surface area contributed by atoms with Crippen LogP contribution in [0.2, 0.25) is 0 Å². The maximum atomic E-state index is 12.5. The highest BCUT2D eigenvalue weighted by atomic mass is 79.9. The molecular weight excluding hydrogens is 536 g/mol. The number of carbonyl (C=O) groups is 2. The van der Waals surface area contributed by atoms with E-state index in [9.17, 15) is 19.7 Å². The lowest BCUT2D eigenvalue weighted by atomic mass is 10.2. The number of hydrazone groups is 1. The Morgan fingerprint density at radius 3 is 2.52 bits per heavy atom. The first-order valence-electron chi connectivity index (χ1n) is 8.54. The lowest BCUT2D eigenvalue weighted by molar-refractivity contribution is -0.385. The van der Waals surface area contributed by atoms with Gasteiger partial charge in [0.25, 0.3) is 11.6 Å². The smallest absolute Gasteiger partial charge is 0.343 e. The van der Waals surface area contributed by atoms with Gasteiger partial charge in [-0.05, 0) is 52.3 Å². The van der Waals surface area contributed by atoms with E-state index < -0.39 is 16.8 Å². The fraction of sp³-hybridized carbons (Fsp3) is 0. The van der Waals surface area contributed by atoms with E-state index in [0.717, 1.165) is 10.7 Å². The van der Waals surface area contributed by atoms with Crippen LogP contribution in [0.4, 0.5) is 5.69 Å². The number of non-ortho nitro benzene ring substituents is 1. The van der Waals surface area contributed by atoms with Crippen molar-refractivity contribution < 1.29 is 19.2 Å². The Hall–Kier alpha value is -3.44. The molecule has 0 aliphatic heterocycles. The molecule has 0 saturated carbocycles. The third-order valence-corrected chi connectivity index (χ3v) is 4.95. The predicted molar refractivity (Wildman–Crippen MR) is 119 cm³/mol. The summed E-state index contributed by atoms with van der Waals surface area (Å²) in [7, 11) is 0. The number of nitrogens with zero attached hydrogens (tertiary/aromatic N) is 3. The molecule has 0 saturated heterocycles. The van der Waals surface area contributed by atoms with Crippen LogP contribution in [0.1, 0.15) is 26.3 Å². The summed E-state index contributed by atoms with van der Waals surface area (Å²) in [5, 5.41) is 15.0. The summed E-state index contributed by atoms with van der Waals surface area (Å²) in [5.41, 5.74) is 2.71. The Morgan fingerprint density at radius 2 is 1.87 bits per heavy atom. The van der Waals surface area contributed by atoms with Gasteiger partial charge in [-0.15, -0.1) is 0 Å². The first-order chi connectivity index (χ1) is 14.8. The molecule has 0 radical (unpaired) electrons. The fourth-order valence-electron chi connectivity index (χ4n) is 2.37. The van der Waals surface area contributed by atoms with Crippen LogP contribution in [0.5, 0.6) is 5.75 Å². The third kappa shape index (κ3) is 5.80. The van der Waals surface area contributed by atoms with Crippen LogP contribution < -0.4 is 10.2 Å². The minimum Gasteiger partial charge on any atom is -0.421 e.